The molecule has 0 aliphatic carbocycles. The Morgan fingerprint density at radius 2 is 1.53 bits per heavy atom. The maximum Gasteiger partial charge on any atom is 0.127 e. The van der Waals surface area contributed by atoms with Crippen LogP contribution in [-0.4, -0.2) is 0 Å². The molecule has 96 valence electrons. The van der Waals surface area contributed by atoms with Crippen molar-refractivity contribution < 1.29 is 4.74 Å². The first-order chi connectivity index (χ1) is 9.22. The minimum absolute atomic E-state index is 0.573. The van der Waals surface area contributed by atoms with E-state index in [0.29, 0.717) is 11.5 Å². The van der Waals surface area contributed by atoms with Gasteiger partial charge < -0.3 is 4.74 Å². The predicted octanol–water partition coefficient (Wildman–Crippen LogP) is 4.86. The fourth-order valence-corrected chi connectivity index (χ4v) is 1.83. The van der Waals surface area contributed by atoms with Gasteiger partial charge >= 0.3 is 0 Å². The molecule has 2 nitrogen and oxygen atoms in total. The quantitative estimate of drug-likeness (QED) is 0.777. The lowest BCUT2D eigenvalue weighted by Crippen LogP contribution is -1.91. The topological polar surface area (TPSA) is 33.0 Å². The molecule has 0 bridgehead atoms. The Morgan fingerprint density at radius 3 is 2.00 bits per heavy atom. The Hall–Kier alpha value is -2.27. The van der Waals surface area contributed by atoms with Crippen molar-refractivity contribution in [2.75, 3.05) is 0 Å². The minimum Gasteiger partial charge on any atom is -0.457 e. The van der Waals surface area contributed by atoms with Crippen LogP contribution in [0.4, 0.5) is 0 Å². The molecule has 19 heavy (non-hydrogen) atoms. The van der Waals surface area contributed by atoms with Gasteiger partial charge in [-0.25, -0.2) is 0 Å². The summed E-state index contributed by atoms with van der Waals surface area (Å²) >= 11 is 0. The fraction of sp³-hybridized carbons (Fsp3) is 0.235. The molecule has 2 aromatic rings. The van der Waals surface area contributed by atoms with Crippen LogP contribution in [0.1, 0.15) is 37.3 Å². The van der Waals surface area contributed by atoms with Crippen LogP contribution in [-0.2, 0) is 0 Å². The van der Waals surface area contributed by atoms with Crippen molar-refractivity contribution in [3.05, 3.63) is 59.7 Å². The summed E-state index contributed by atoms with van der Waals surface area (Å²) in [6, 6.07) is 17.4. The molecule has 0 fully saturated rings. The van der Waals surface area contributed by atoms with Crippen molar-refractivity contribution >= 4 is 0 Å². The molecule has 0 saturated carbocycles. The third-order valence-electron chi connectivity index (χ3n) is 3.28. The molecule has 0 radical (unpaired) electrons. The molecule has 0 aliphatic heterocycles. The standard InChI is InChI=1S/C17H17NO/c1-3-13(2)15-6-10-17(11-7-15)19-16-8-4-14(12-18)5-9-16/h4-11,13H,3H2,1-2H3. The number of ether oxygens (including phenoxy) is 1. The summed E-state index contributed by atoms with van der Waals surface area (Å²) in [6.07, 6.45) is 1.13. The predicted molar refractivity (Wildman–Crippen MR) is 76.4 cm³/mol. The van der Waals surface area contributed by atoms with Crippen LogP contribution >= 0.6 is 0 Å². The average molecular weight is 251 g/mol. The van der Waals surface area contributed by atoms with Gasteiger partial charge in [-0.05, 0) is 54.3 Å². The van der Waals surface area contributed by atoms with E-state index in [-0.39, 0.29) is 0 Å². The van der Waals surface area contributed by atoms with Gasteiger partial charge in [-0.1, -0.05) is 26.0 Å². The molecule has 2 heteroatoms. The molecule has 1 atom stereocenters. The van der Waals surface area contributed by atoms with Crippen LogP contribution in [0.3, 0.4) is 0 Å². The van der Waals surface area contributed by atoms with Crippen molar-refractivity contribution in [1.82, 2.24) is 0 Å². The zero-order chi connectivity index (χ0) is 13.7. The molecule has 0 saturated heterocycles. The second-order valence-corrected chi connectivity index (χ2v) is 4.62. The number of rotatable bonds is 4. The summed E-state index contributed by atoms with van der Waals surface area (Å²) < 4.78 is 5.74. The molecule has 0 amide bonds. The number of benzene rings is 2. The maximum absolute atomic E-state index is 8.73. The Morgan fingerprint density at radius 1 is 1.00 bits per heavy atom. The monoisotopic (exact) mass is 251 g/mol. The fourth-order valence-electron chi connectivity index (χ4n) is 1.83. The maximum atomic E-state index is 8.73. The molecular formula is C17H17NO. The lowest BCUT2D eigenvalue weighted by Gasteiger charge is -2.10. The van der Waals surface area contributed by atoms with E-state index in [9.17, 15) is 0 Å². The van der Waals surface area contributed by atoms with E-state index < -0.39 is 0 Å². The first kappa shape index (κ1) is 13.2. The first-order valence-corrected chi connectivity index (χ1v) is 6.51. The first-order valence-electron chi connectivity index (χ1n) is 6.51. The van der Waals surface area contributed by atoms with Gasteiger partial charge in [-0.2, -0.15) is 5.26 Å². The number of nitrogens with zero attached hydrogens (tertiary/aromatic N) is 1. The van der Waals surface area contributed by atoms with Crippen molar-refractivity contribution in [3.8, 4) is 17.6 Å². The second kappa shape index (κ2) is 6.06. The molecule has 0 heterocycles. The lowest BCUT2D eigenvalue weighted by atomic mass is 9.99. The van der Waals surface area contributed by atoms with Crippen LogP contribution < -0.4 is 4.74 Å². The van der Waals surface area contributed by atoms with Crippen LogP contribution in [0.2, 0.25) is 0 Å². The Labute approximate surface area is 114 Å². The third-order valence-corrected chi connectivity index (χ3v) is 3.28. The highest BCUT2D eigenvalue weighted by atomic mass is 16.5. The van der Waals surface area contributed by atoms with Gasteiger partial charge in [0.05, 0.1) is 11.6 Å². The van der Waals surface area contributed by atoms with Crippen molar-refractivity contribution in [3.63, 3.8) is 0 Å². The summed E-state index contributed by atoms with van der Waals surface area (Å²) in [5.74, 6) is 2.14. The Bertz CT molecular complexity index is 564. The van der Waals surface area contributed by atoms with Gasteiger partial charge in [-0.15, -0.1) is 0 Å². The van der Waals surface area contributed by atoms with Crippen LogP contribution in [0, 0.1) is 11.3 Å². The number of hydrogen-bond acceptors (Lipinski definition) is 2. The zero-order valence-electron chi connectivity index (χ0n) is 11.3. The molecule has 0 spiro atoms. The van der Waals surface area contributed by atoms with Gasteiger partial charge in [-0.3, -0.25) is 0 Å². The Balaban J connectivity index is 2.08. The SMILES string of the molecule is CCC(C)c1ccc(Oc2ccc(C#N)cc2)cc1. The Kier molecular flexibility index (Phi) is 4.20. The highest BCUT2D eigenvalue weighted by Gasteiger charge is 2.03. The van der Waals surface area contributed by atoms with Crippen LogP contribution in [0.25, 0.3) is 0 Å². The number of nitriles is 1. The normalized spacial score (nSPS) is 11.6. The van der Waals surface area contributed by atoms with E-state index >= 15 is 0 Å². The molecular weight excluding hydrogens is 234 g/mol. The van der Waals surface area contributed by atoms with Gasteiger partial charge in [0.2, 0.25) is 0 Å². The van der Waals surface area contributed by atoms with Crippen molar-refractivity contribution in [1.29, 1.82) is 5.26 Å². The van der Waals surface area contributed by atoms with E-state index in [2.05, 4.69) is 32.0 Å². The third kappa shape index (κ3) is 3.35. The largest absolute Gasteiger partial charge is 0.457 e. The van der Waals surface area contributed by atoms with Crippen LogP contribution in [0.15, 0.2) is 48.5 Å². The second-order valence-electron chi connectivity index (χ2n) is 4.62. The molecule has 2 aromatic carbocycles. The zero-order valence-corrected chi connectivity index (χ0v) is 11.3. The van der Waals surface area contributed by atoms with E-state index in [1.807, 2.05) is 12.1 Å². The van der Waals surface area contributed by atoms with Gasteiger partial charge in [0.15, 0.2) is 0 Å². The van der Waals surface area contributed by atoms with Gasteiger partial charge in [0, 0.05) is 0 Å². The summed E-state index contributed by atoms with van der Waals surface area (Å²) in [5, 5.41) is 8.73. The van der Waals surface area contributed by atoms with Gasteiger partial charge in [0.25, 0.3) is 0 Å². The number of hydrogen-bond donors (Lipinski definition) is 0. The van der Waals surface area contributed by atoms with E-state index in [1.165, 1.54) is 5.56 Å². The van der Waals surface area contributed by atoms with E-state index in [1.54, 1.807) is 24.3 Å². The van der Waals surface area contributed by atoms with E-state index in [4.69, 9.17) is 10.00 Å². The van der Waals surface area contributed by atoms with Crippen molar-refractivity contribution in [2.45, 2.75) is 26.2 Å². The summed E-state index contributed by atoms with van der Waals surface area (Å²) in [6.45, 7) is 4.41. The lowest BCUT2D eigenvalue weighted by molar-refractivity contribution is 0.482. The summed E-state index contributed by atoms with van der Waals surface area (Å²) in [7, 11) is 0. The summed E-state index contributed by atoms with van der Waals surface area (Å²) in [5.41, 5.74) is 1.97. The highest BCUT2D eigenvalue weighted by Crippen LogP contribution is 2.25. The minimum atomic E-state index is 0.573. The van der Waals surface area contributed by atoms with E-state index in [0.717, 1.165) is 17.9 Å². The molecule has 0 aliphatic rings. The van der Waals surface area contributed by atoms with Gasteiger partial charge in [0.1, 0.15) is 11.5 Å². The smallest absolute Gasteiger partial charge is 0.127 e. The average Bonchev–Trinajstić information content (AvgIpc) is 2.48. The summed E-state index contributed by atoms with van der Waals surface area (Å²) in [4.78, 5) is 0. The van der Waals surface area contributed by atoms with Crippen molar-refractivity contribution in [2.24, 2.45) is 0 Å². The molecule has 0 N–H and O–H groups in total. The molecule has 2 rings (SSSR count). The highest BCUT2D eigenvalue weighted by molar-refractivity contribution is 5.38. The molecule has 0 aromatic heterocycles. The molecule has 1 unspecified atom stereocenters. The van der Waals surface area contributed by atoms with Crippen LogP contribution in [0.5, 0.6) is 11.5 Å².